The van der Waals surface area contributed by atoms with Crippen LogP contribution in [0, 0.1) is 6.92 Å². The first-order valence-electron chi connectivity index (χ1n) is 5.39. The molecule has 5 nitrogen and oxygen atoms in total. The zero-order valence-electron chi connectivity index (χ0n) is 10.7. The van der Waals surface area contributed by atoms with E-state index in [1.54, 1.807) is 13.2 Å². The number of hydrogen-bond donors (Lipinski definition) is 2. The van der Waals surface area contributed by atoms with Gasteiger partial charge >= 0.3 is 0 Å². The molecule has 0 spiro atoms. The van der Waals surface area contributed by atoms with E-state index in [2.05, 4.69) is 10.3 Å². The van der Waals surface area contributed by atoms with Gasteiger partial charge in [0.1, 0.15) is 0 Å². The van der Waals surface area contributed by atoms with Gasteiger partial charge in [-0.2, -0.15) is 0 Å². The average molecular weight is 237 g/mol. The van der Waals surface area contributed by atoms with E-state index in [1.807, 2.05) is 20.8 Å². The van der Waals surface area contributed by atoms with Crippen LogP contribution < -0.4 is 11.1 Å². The molecule has 0 bridgehead atoms. The summed E-state index contributed by atoms with van der Waals surface area (Å²) in [5, 5.41) is 2.85. The molecule has 1 amide bonds. The number of pyridine rings is 1. The van der Waals surface area contributed by atoms with Crippen LogP contribution in [0.25, 0.3) is 0 Å². The Labute approximate surface area is 101 Å². The molecule has 0 aliphatic carbocycles. The van der Waals surface area contributed by atoms with E-state index in [-0.39, 0.29) is 5.91 Å². The molecule has 1 rings (SSSR count). The number of nitrogens with one attached hydrogen (secondary N) is 1. The number of ether oxygens (including phenoxy) is 1. The quantitative estimate of drug-likeness (QED) is 0.823. The molecule has 0 aliphatic rings. The van der Waals surface area contributed by atoms with E-state index in [0.29, 0.717) is 17.9 Å². The Morgan fingerprint density at radius 3 is 2.76 bits per heavy atom. The second kappa shape index (κ2) is 5.14. The van der Waals surface area contributed by atoms with Crippen LogP contribution in [0.2, 0.25) is 0 Å². The number of carbonyl (C=O) groups is 1. The van der Waals surface area contributed by atoms with Crippen molar-refractivity contribution in [2.24, 2.45) is 0 Å². The van der Waals surface area contributed by atoms with Crippen LogP contribution in [0.1, 0.15) is 29.9 Å². The third kappa shape index (κ3) is 3.71. The average Bonchev–Trinajstić information content (AvgIpc) is 2.15. The maximum atomic E-state index is 12.0. The molecule has 94 valence electrons. The summed E-state index contributed by atoms with van der Waals surface area (Å²) in [5.41, 5.74) is 6.95. The van der Waals surface area contributed by atoms with Crippen LogP contribution in [-0.2, 0) is 4.74 Å². The SMILES string of the molecule is COCC(C)(C)NC(=O)c1cnc(C)cc1N. The number of aryl methyl sites for hydroxylation is 1. The second-order valence-corrected chi connectivity index (χ2v) is 4.68. The molecule has 0 fully saturated rings. The van der Waals surface area contributed by atoms with Gasteiger partial charge < -0.3 is 15.8 Å². The molecule has 1 aromatic rings. The van der Waals surface area contributed by atoms with Crippen LogP contribution in [0.3, 0.4) is 0 Å². The molecule has 17 heavy (non-hydrogen) atoms. The highest BCUT2D eigenvalue weighted by Crippen LogP contribution is 2.13. The summed E-state index contributed by atoms with van der Waals surface area (Å²) >= 11 is 0. The number of nitrogen functional groups attached to an aromatic ring is 1. The Balaban J connectivity index is 2.83. The molecule has 0 saturated heterocycles. The van der Waals surface area contributed by atoms with Crippen LogP contribution in [-0.4, -0.2) is 30.1 Å². The number of aromatic nitrogens is 1. The minimum Gasteiger partial charge on any atom is -0.398 e. The number of methoxy groups -OCH3 is 1. The fraction of sp³-hybridized carbons (Fsp3) is 0.500. The lowest BCUT2D eigenvalue weighted by molar-refractivity contribution is 0.0820. The van der Waals surface area contributed by atoms with E-state index in [9.17, 15) is 4.79 Å². The monoisotopic (exact) mass is 237 g/mol. The minimum absolute atomic E-state index is 0.239. The highest BCUT2D eigenvalue weighted by molar-refractivity contribution is 5.99. The molecule has 1 heterocycles. The lowest BCUT2D eigenvalue weighted by Gasteiger charge is -2.25. The van der Waals surface area contributed by atoms with Crippen LogP contribution in [0.15, 0.2) is 12.3 Å². The third-order valence-electron chi connectivity index (χ3n) is 2.27. The number of anilines is 1. The fourth-order valence-electron chi connectivity index (χ4n) is 1.54. The molecule has 3 N–H and O–H groups in total. The van der Waals surface area contributed by atoms with Gasteiger partial charge in [-0.15, -0.1) is 0 Å². The van der Waals surface area contributed by atoms with Crippen molar-refractivity contribution in [3.63, 3.8) is 0 Å². The van der Waals surface area contributed by atoms with Gasteiger partial charge in [-0.1, -0.05) is 0 Å². The molecule has 0 aromatic carbocycles. The zero-order chi connectivity index (χ0) is 13.1. The van der Waals surface area contributed by atoms with Gasteiger partial charge in [-0.3, -0.25) is 9.78 Å². The molecule has 0 atom stereocenters. The highest BCUT2D eigenvalue weighted by Gasteiger charge is 2.22. The molecule has 1 aromatic heterocycles. The third-order valence-corrected chi connectivity index (χ3v) is 2.27. The Bertz CT molecular complexity index is 416. The first-order chi connectivity index (χ1) is 7.85. The predicted octanol–water partition coefficient (Wildman–Crippen LogP) is 1.13. The van der Waals surface area contributed by atoms with Gasteiger partial charge in [0.05, 0.1) is 17.7 Å². The summed E-state index contributed by atoms with van der Waals surface area (Å²) in [6, 6.07) is 1.68. The Morgan fingerprint density at radius 1 is 1.59 bits per heavy atom. The molecular formula is C12H19N3O2. The van der Waals surface area contributed by atoms with E-state index < -0.39 is 5.54 Å². The smallest absolute Gasteiger partial charge is 0.255 e. The fourth-order valence-corrected chi connectivity index (χ4v) is 1.54. The Morgan fingerprint density at radius 2 is 2.24 bits per heavy atom. The molecule has 0 aliphatic heterocycles. The Hall–Kier alpha value is -1.62. The standard InChI is InChI=1S/C12H19N3O2/c1-8-5-10(13)9(6-14-8)11(16)15-12(2,3)7-17-4/h5-6H,7H2,1-4H3,(H2,13,14)(H,15,16). The maximum Gasteiger partial charge on any atom is 0.255 e. The lowest BCUT2D eigenvalue weighted by Crippen LogP contribution is -2.47. The summed E-state index contributed by atoms with van der Waals surface area (Å²) in [6.45, 7) is 6.02. The predicted molar refractivity (Wildman–Crippen MR) is 66.8 cm³/mol. The molecule has 0 unspecified atom stereocenters. The molecular weight excluding hydrogens is 218 g/mol. The first kappa shape index (κ1) is 13.4. The van der Waals surface area contributed by atoms with Crippen molar-refractivity contribution in [3.05, 3.63) is 23.5 Å². The van der Waals surface area contributed by atoms with Crippen molar-refractivity contribution >= 4 is 11.6 Å². The normalized spacial score (nSPS) is 11.3. The summed E-state index contributed by atoms with van der Waals surface area (Å²) in [7, 11) is 1.59. The van der Waals surface area contributed by atoms with Crippen molar-refractivity contribution in [1.82, 2.24) is 10.3 Å². The van der Waals surface area contributed by atoms with Gasteiger partial charge in [0.2, 0.25) is 0 Å². The number of carbonyl (C=O) groups excluding carboxylic acids is 1. The van der Waals surface area contributed by atoms with Crippen molar-refractivity contribution in [3.8, 4) is 0 Å². The van der Waals surface area contributed by atoms with E-state index >= 15 is 0 Å². The Kier molecular flexibility index (Phi) is 4.07. The summed E-state index contributed by atoms with van der Waals surface area (Å²) < 4.78 is 5.03. The lowest BCUT2D eigenvalue weighted by atomic mass is 10.1. The van der Waals surface area contributed by atoms with E-state index in [4.69, 9.17) is 10.5 Å². The van der Waals surface area contributed by atoms with Crippen molar-refractivity contribution in [1.29, 1.82) is 0 Å². The van der Waals surface area contributed by atoms with Gasteiger partial charge in [0, 0.05) is 24.7 Å². The summed E-state index contributed by atoms with van der Waals surface area (Å²) in [5.74, 6) is -0.239. The molecule has 0 saturated carbocycles. The van der Waals surface area contributed by atoms with Gasteiger partial charge in [-0.25, -0.2) is 0 Å². The minimum atomic E-state index is -0.441. The largest absolute Gasteiger partial charge is 0.398 e. The van der Waals surface area contributed by atoms with Crippen molar-refractivity contribution < 1.29 is 9.53 Å². The molecule has 0 radical (unpaired) electrons. The van der Waals surface area contributed by atoms with Crippen molar-refractivity contribution in [2.45, 2.75) is 26.3 Å². The number of hydrogen-bond acceptors (Lipinski definition) is 4. The van der Waals surface area contributed by atoms with Crippen LogP contribution >= 0.6 is 0 Å². The van der Waals surface area contributed by atoms with E-state index in [0.717, 1.165) is 5.69 Å². The number of amides is 1. The second-order valence-electron chi connectivity index (χ2n) is 4.68. The van der Waals surface area contributed by atoms with E-state index in [1.165, 1.54) is 6.20 Å². The number of nitrogens with two attached hydrogens (primary N) is 1. The first-order valence-corrected chi connectivity index (χ1v) is 5.39. The number of nitrogens with zero attached hydrogens (tertiary/aromatic N) is 1. The van der Waals surface area contributed by atoms with Crippen molar-refractivity contribution in [2.75, 3.05) is 19.5 Å². The topological polar surface area (TPSA) is 77.2 Å². The maximum absolute atomic E-state index is 12.0. The van der Waals surface area contributed by atoms with Gasteiger partial charge in [0.25, 0.3) is 5.91 Å². The van der Waals surface area contributed by atoms with Crippen LogP contribution in [0.4, 0.5) is 5.69 Å². The molecule has 5 heteroatoms. The van der Waals surface area contributed by atoms with Gasteiger partial charge in [0.15, 0.2) is 0 Å². The number of rotatable bonds is 4. The van der Waals surface area contributed by atoms with Crippen LogP contribution in [0.5, 0.6) is 0 Å². The zero-order valence-corrected chi connectivity index (χ0v) is 10.7. The summed E-state index contributed by atoms with van der Waals surface area (Å²) in [6.07, 6.45) is 1.49. The van der Waals surface area contributed by atoms with Gasteiger partial charge in [-0.05, 0) is 26.8 Å². The summed E-state index contributed by atoms with van der Waals surface area (Å²) in [4.78, 5) is 16.0. The highest BCUT2D eigenvalue weighted by atomic mass is 16.5.